The summed E-state index contributed by atoms with van der Waals surface area (Å²) in [5.41, 5.74) is 7.09. The molecule has 0 aliphatic rings. The summed E-state index contributed by atoms with van der Waals surface area (Å²) >= 11 is 0. The number of nitrogens with two attached hydrogens (primary N) is 1. The van der Waals surface area contributed by atoms with Crippen molar-refractivity contribution in [1.29, 1.82) is 0 Å². The van der Waals surface area contributed by atoms with Crippen LogP contribution in [-0.2, 0) is 11.3 Å². The van der Waals surface area contributed by atoms with Gasteiger partial charge in [-0.1, -0.05) is 18.2 Å². The van der Waals surface area contributed by atoms with Gasteiger partial charge >= 0.3 is 0 Å². The number of carbonyl (C=O) groups is 1. The molecule has 2 rings (SSSR count). The Morgan fingerprint density at radius 1 is 1.26 bits per heavy atom. The van der Waals surface area contributed by atoms with Crippen molar-refractivity contribution < 1.29 is 4.79 Å². The fourth-order valence-electron chi connectivity index (χ4n) is 1.78. The number of hydrogen-bond donors (Lipinski definition) is 2. The Hall–Kier alpha value is -2.14. The summed E-state index contributed by atoms with van der Waals surface area (Å²) in [4.78, 5) is 10.6. The zero-order valence-electron chi connectivity index (χ0n) is 10.7. The molecule has 19 heavy (non-hydrogen) atoms. The van der Waals surface area contributed by atoms with Crippen molar-refractivity contribution in [2.75, 3.05) is 6.54 Å². The molecule has 0 radical (unpaired) electrons. The number of benzene rings is 1. The smallest absolute Gasteiger partial charge is 0.217 e. The molecule has 0 saturated heterocycles. The third-order valence-corrected chi connectivity index (χ3v) is 2.75. The van der Waals surface area contributed by atoms with E-state index in [4.69, 9.17) is 5.73 Å². The molecule has 1 amide bonds. The van der Waals surface area contributed by atoms with Gasteiger partial charge in [-0.15, -0.1) is 0 Å². The lowest BCUT2D eigenvalue weighted by atomic mass is 10.3. The number of rotatable bonds is 7. The van der Waals surface area contributed by atoms with Crippen LogP contribution >= 0.6 is 0 Å². The molecule has 0 fully saturated rings. The van der Waals surface area contributed by atoms with Crippen LogP contribution in [0.25, 0.3) is 5.69 Å². The molecule has 0 saturated carbocycles. The Morgan fingerprint density at radius 3 is 2.79 bits per heavy atom. The SMILES string of the molecule is NC(=O)CCCNCc1ccn(-c2ccccc2)n1. The van der Waals surface area contributed by atoms with Crippen molar-refractivity contribution in [3.05, 3.63) is 48.3 Å². The van der Waals surface area contributed by atoms with Crippen LogP contribution in [0.2, 0.25) is 0 Å². The number of primary amides is 1. The van der Waals surface area contributed by atoms with E-state index in [0.717, 1.165) is 24.3 Å². The number of aromatic nitrogens is 2. The monoisotopic (exact) mass is 258 g/mol. The summed E-state index contributed by atoms with van der Waals surface area (Å²) in [6.45, 7) is 1.46. The summed E-state index contributed by atoms with van der Waals surface area (Å²) in [7, 11) is 0. The van der Waals surface area contributed by atoms with Crippen molar-refractivity contribution >= 4 is 5.91 Å². The van der Waals surface area contributed by atoms with Gasteiger partial charge in [0.25, 0.3) is 0 Å². The van der Waals surface area contributed by atoms with E-state index >= 15 is 0 Å². The van der Waals surface area contributed by atoms with E-state index in [1.807, 2.05) is 47.3 Å². The first-order valence-electron chi connectivity index (χ1n) is 6.35. The topological polar surface area (TPSA) is 72.9 Å². The fraction of sp³-hybridized carbons (Fsp3) is 0.286. The molecule has 1 aromatic carbocycles. The average molecular weight is 258 g/mol. The molecule has 1 heterocycles. The highest BCUT2D eigenvalue weighted by molar-refractivity contribution is 5.73. The third-order valence-electron chi connectivity index (χ3n) is 2.75. The van der Waals surface area contributed by atoms with Crippen LogP contribution < -0.4 is 11.1 Å². The molecular formula is C14H18N4O. The van der Waals surface area contributed by atoms with Crippen LogP contribution in [0.1, 0.15) is 18.5 Å². The molecule has 0 bridgehead atoms. The lowest BCUT2D eigenvalue weighted by Crippen LogP contribution is -2.18. The lowest BCUT2D eigenvalue weighted by molar-refractivity contribution is -0.118. The maximum atomic E-state index is 10.6. The third kappa shape index (κ3) is 4.22. The van der Waals surface area contributed by atoms with Gasteiger partial charge in [-0.05, 0) is 31.2 Å². The Morgan fingerprint density at radius 2 is 2.05 bits per heavy atom. The second kappa shape index (κ2) is 6.70. The highest BCUT2D eigenvalue weighted by atomic mass is 16.1. The Labute approximate surface area is 112 Å². The van der Waals surface area contributed by atoms with Crippen LogP contribution in [0.4, 0.5) is 0 Å². The van der Waals surface area contributed by atoms with Crippen molar-refractivity contribution in [3.8, 4) is 5.69 Å². The van der Waals surface area contributed by atoms with Crippen LogP contribution in [-0.4, -0.2) is 22.2 Å². The number of nitrogens with one attached hydrogen (secondary N) is 1. The normalized spacial score (nSPS) is 10.5. The molecule has 0 spiro atoms. The maximum absolute atomic E-state index is 10.6. The molecule has 0 aliphatic carbocycles. The van der Waals surface area contributed by atoms with E-state index in [9.17, 15) is 4.79 Å². The van der Waals surface area contributed by atoms with Gasteiger partial charge in [-0.25, -0.2) is 4.68 Å². The van der Waals surface area contributed by atoms with E-state index < -0.39 is 0 Å². The van der Waals surface area contributed by atoms with E-state index in [-0.39, 0.29) is 5.91 Å². The van der Waals surface area contributed by atoms with Crippen molar-refractivity contribution in [1.82, 2.24) is 15.1 Å². The van der Waals surface area contributed by atoms with Gasteiger partial charge in [0.05, 0.1) is 11.4 Å². The summed E-state index contributed by atoms with van der Waals surface area (Å²) in [6, 6.07) is 12.0. The molecule has 0 unspecified atom stereocenters. The lowest BCUT2D eigenvalue weighted by Gasteiger charge is -2.02. The van der Waals surface area contributed by atoms with E-state index in [0.29, 0.717) is 13.0 Å². The molecule has 5 nitrogen and oxygen atoms in total. The first kappa shape index (κ1) is 13.3. The van der Waals surface area contributed by atoms with Gasteiger partial charge in [0.2, 0.25) is 5.91 Å². The second-order valence-electron chi connectivity index (χ2n) is 4.33. The molecule has 100 valence electrons. The molecule has 3 N–H and O–H groups in total. The highest BCUT2D eigenvalue weighted by Crippen LogP contribution is 2.06. The molecule has 5 heteroatoms. The minimum absolute atomic E-state index is 0.254. The molecular weight excluding hydrogens is 240 g/mol. The highest BCUT2D eigenvalue weighted by Gasteiger charge is 2.00. The van der Waals surface area contributed by atoms with E-state index in [1.165, 1.54) is 0 Å². The predicted octanol–water partition coefficient (Wildman–Crippen LogP) is 1.23. The van der Waals surface area contributed by atoms with Gasteiger partial charge in [0.1, 0.15) is 0 Å². The first-order valence-corrected chi connectivity index (χ1v) is 6.35. The molecule has 1 aromatic heterocycles. The average Bonchev–Trinajstić information content (AvgIpc) is 2.88. The first-order chi connectivity index (χ1) is 9.25. The minimum Gasteiger partial charge on any atom is -0.370 e. The molecule has 0 atom stereocenters. The zero-order valence-corrected chi connectivity index (χ0v) is 10.7. The Bertz CT molecular complexity index is 521. The predicted molar refractivity (Wildman–Crippen MR) is 73.7 cm³/mol. The van der Waals surface area contributed by atoms with Crippen molar-refractivity contribution in [2.45, 2.75) is 19.4 Å². The number of para-hydroxylation sites is 1. The van der Waals surface area contributed by atoms with E-state index in [2.05, 4.69) is 10.4 Å². The number of amides is 1. The van der Waals surface area contributed by atoms with Gasteiger partial charge in [0, 0.05) is 19.2 Å². The summed E-state index contributed by atoms with van der Waals surface area (Å²) in [5, 5.41) is 7.71. The standard InChI is InChI=1S/C14H18N4O/c15-14(19)7-4-9-16-11-12-8-10-18(17-12)13-5-2-1-3-6-13/h1-3,5-6,8,10,16H,4,7,9,11H2,(H2,15,19). The number of hydrogen-bond acceptors (Lipinski definition) is 3. The second-order valence-corrected chi connectivity index (χ2v) is 4.33. The summed E-state index contributed by atoms with van der Waals surface area (Å²) < 4.78 is 1.85. The van der Waals surface area contributed by atoms with Crippen molar-refractivity contribution in [3.63, 3.8) is 0 Å². The van der Waals surface area contributed by atoms with Crippen LogP contribution in [0.15, 0.2) is 42.6 Å². The van der Waals surface area contributed by atoms with E-state index in [1.54, 1.807) is 0 Å². The maximum Gasteiger partial charge on any atom is 0.217 e. The van der Waals surface area contributed by atoms with Crippen LogP contribution in [0, 0.1) is 0 Å². The van der Waals surface area contributed by atoms with Crippen LogP contribution in [0.5, 0.6) is 0 Å². The minimum atomic E-state index is -0.254. The Balaban J connectivity index is 1.80. The van der Waals surface area contributed by atoms with Gasteiger partial charge in [0.15, 0.2) is 0 Å². The number of carbonyl (C=O) groups excluding carboxylic acids is 1. The Kier molecular flexibility index (Phi) is 4.69. The largest absolute Gasteiger partial charge is 0.370 e. The van der Waals surface area contributed by atoms with Gasteiger partial charge in [-0.2, -0.15) is 5.10 Å². The van der Waals surface area contributed by atoms with Gasteiger partial charge in [-0.3, -0.25) is 4.79 Å². The molecule has 0 aliphatic heterocycles. The number of nitrogens with zero attached hydrogens (tertiary/aromatic N) is 2. The quantitative estimate of drug-likeness (QED) is 0.734. The van der Waals surface area contributed by atoms with Crippen LogP contribution in [0.3, 0.4) is 0 Å². The van der Waals surface area contributed by atoms with Gasteiger partial charge < -0.3 is 11.1 Å². The van der Waals surface area contributed by atoms with Crippen molar-refractivity contribution in [2.24, 2.45) is 5.73 Å². The zero-order chi connectivity index (χ0) is 13.5. The summed E-state index contributed by atoms with van der Waals surface area (Å²) in [5.74, 6) is -0.254. The summed E-state index contributed by atoms with van der Waals surface area (Å²) in [6.07, 6.45) is 3.12. The fourth-order valence-corrected chi connectivity index (χ4v) is 1.78. The molecule has 2 aromatic rings.